The summed E-state index contributed by atoms with van der Waals surface area (Å²) in [6.45, 7) is 3.42. The molecule has 1 amide bonds. The Morgan fingerprint density at radius 2 is 1.62 bits per heavy atom. The molecule has 0 unspecified atom stereocenters. The zero-order valence-electron chi connectivity index (χ0n) is 13.5. The number of anilines is 1. The molecule has 1 aromatic heterocycles. The Balaban J connectivity index is 1.98. The molecule has 0 bridgehead atoms. The molecule has 0 aliphatic carbocycles. The summed E-state index contributed by atoms with van der Waals surface area (Å²) >= 11 is 1.38. The normalized spacial score (nSPS) is 10.4. The second-order valence-electron chi connectivity index (χ2n) is 5.54. The third-order valence-electron chi connectivity index (χ3n) is 3.84. The van der Waals surface area contributed by atoms with E-state index in [-0.39, 0.29) is 11.7 Å². The molecule has 120 valence electrons. The van der Waals surface area contributed by atoms with E-state index in [2.05, 4.69) is 5.32 Å². The molecule has 0 spiro atoms. The summed E-state index contributed by atoms with van der Waals surface area (Å²) in [5.41, 5.74) is 3.90. The van der Waals surface area contributed by atoms with Crippen LogP contribution in [0, 0.1) is 6.92 Å². The van der Waals surface area contributed by atoms with Gasteiger partial charge < -0.3 is 5.32 Å². The maximum Gasteiger partial charge on any atom is 0.256 e. The van der Waals surface area contributed by atoms with Gasteiger partial charge in [-0.25, -0.2) is 0 Å². The number of ketones is 1. The molecule has 3 aromatic rings. The van der Waals surface area contributed by atoms with Crippen LogP contribution in [-0.2, 0) is 0 Å². The van der Waals surface area contributed by atoms with E-state index in [4.69, 9.17) is 0 Å². The Morgan fingerprint density at radius 3 is 2.29 bits per heavy atom. The van der Waals surface area contributed by atoms with Crippen LogP contribution in [0.5, 0.6) is 0 Å². The van der Waals surface area contributed by atoms with Gasteiger partial charge in [0, 0.05) is 16.5 Å². The van der Waals surface area contributed by atoms with Gasteiger partial charge in [0.25, 0.3) is 5.91 Å². The first-order valence-corrected chi connectivity index (χ1v) is 8.50. The van der Waals surface area contributed by atoms with E-state index in [9.17, 15) is 9.59 Å². The standard InChI is InChI=1S/C20H17NO2S/c1-13-8-6-7-11-16(13)19(23)21-20-18(14(2)22)17(12-24-20)15-9-4-3-5-10-15/h3-12H,1-2H3,(H,21,23). The smallest absolute Gasteiger partial charge is 0.256 e. The molecule has 0 atom stereocenters. The van der Waals surface area contributed by atoms with Gasteiger partial charge >= 0.3 is 0 Å². The van der Waals surface area contributed by atoms with Crippen molar-refractivity contribution in [1.82, 2.24) is 0 Å². The number of Topliss-reactive ketones (excluding diaryl/α,β-unsaturated/α-hetero) is 1. The van der Waals surface area contributed by atoms with E-state index in [1.807, 2.05) is 60.8 Å². The van der Waals surface area contributed by atoms with Crippen LogP contribution >= 0.6 is 11.3 Å². The topological polar surface area (TPSA) is 46.2 Å². The third kappa shape index (κ3) is 3.14. The van der Waals surface area contributed by atoms with Gasteiger partial charge in [0.2, 0.25) is 0 Å². The van der Waals surface area contributed by atoms with Crippen LogP contribution in [-0.4, -0.2) is 11.7 Å². The first-order chi connectivity index (χ1) is 11.6. The Morgan fingerprint density at radius 1 is 0.958 bits per heavy atom. The predicted octanol–water partition coefficient (Wildman–Crippen LogP) is 5.18. The number of aryl methyl sites for hydroxylation is 1. The van der Waals surface area contributed by atoms with Gasteiger partial charge in [-0.05, 0) is 31.0 Å². The number of thiophene rings is 1. The molecule has 0 aliphatic rings. The molecule has 3 nitrogen and oxygen atoms in total. The van der Waals surface area contributed by atoms with Gasteiger partial charge in [0.1, 0.15) is 5.00 Å². The lowest BCUT2D eigenvalue weighted by molar-refractivity contribution is 0.101. The molecule has 0 saturated carbocycles. The van der Waals surface area contributed by atoms with Crippen molar-refractivity contribution in [2.75, 3.05) is 5.32 Å². The summed E-state index contributed by atoms with van der Waals surface area (Å²) in [5, 5.41) is 5.41. The summed E-state index contributed by atoms with van der Waals surface area (Å²) in [4.78, 5) is 24.7. The molecule has 2 aromatic carbocycles. The summed E-state index contributed by atoms with van der Waals surface area (Å²) in [6.07, 6.45) is 0. The zero-order chi connectivity index (χ0) is 17.1. The van der Waals surface area contributed by atoms with Crippen molar-refractivity contribution in [3.05, 3.63) is 76.7 Å². The quantitative estimate of drug-likeness (QED) is 0.668. The fourth-order valence-corrected chi connectivity index (χ4v) is 3.64. The van der Waals surface area contributed by atoms with Crippen LogP contribution in [0.3, 0.4) is 0 Å². The molecule has 3 rings (SSSR count). The predicted molar refractivity (Wildman–Crippen MR) is 98.9 cm³/mol. The third-order valence-corrected chi connectivity index (χ3v) is 4.74. The van der Waals surface area contributed by atoms with E-state index in [1.54, 1.807) is 6.07 Å². The molecular formula is C20H17NO2S. The first-order valence-electron chi connectivity index (χ1n) is 7.62. The lowest BCUT2D eigenvalue weighted by Crippen LogP contribution is -2.14. The molecule has 1 N–H and O–H groups in total. The van der Waals surface area contributed by atoms with Crippen molar-refractivity contribution < 1.29 is 9.59 Å². The van der Waals surface area contributed by atoms with E-state index in [1.165, 1.54) is 18.3 Å². The lowest BCUT2D eigenvalue weighted by Gasteiger charge is -2.08. The highest BCUT2D eigenvalue weighted by molar-refractivity contribution is 7.15. The molecule has 0 radical (unpaired) electrons. The van der Waals surface area contributed by atoms with Crippen molar-refractivity contribution in [2.24, 2.45) is 0 Å². The van der Waals surface area contributed by atoms with Gasteiger partial charge in [-0.1, -0.05) is 48.5 Å². The monoisotopic (exact) mass is 335 g/mol. The van der Waals surface area contributed by atoms with Crippen LogP contribution in [0.4, 0.5) is 5.00 Å². The maximum atomic E-state index is 12.5. The van der Waals surface area contributed by atoms with Gasteiger partial charge in [0.05, 0.1) is 5.56 Å². The number of carbonyl (C=O) groups is 2. The maximum absolute atomic E-state index is 12.5. The van der Waals surface area contributed by atoms with Gasteiger partial charge in [-0.15, -0.1) is 11.3 Å². The fourth-order valence-electron chi connectivity index (χ4n) is 2.63. The fraction of sp³-hybridized carbons (Fsp3) is 0.100. The van der Waals surface area contributed by atoms with Crippen LogP contribution in [0.25, 0.3) is 11.1 Å². The van der Waals surface area contributed by atoms with Crippen LogP contribution < -0.4 is 5.32 Å². The van der Waals surface area contributed by atoms with Gasteiger partial charge in [-0.2, -0.15) is 0 Å². The second-order valence-corrected chi connectivity index (χ2v) is 6.42. The van der Waals surface area contributed by atoms with Crippen LogP contribution in [0.1, 0.15) is 33.2 Å². The Bertz CT molecular complexity index is 897. The molecule has 24 heavy (non-hydrogen) atoms. The minimum Gasteiger partial charge on any atom is -0.313 e. The SMILES string of the molecule is CC(=O)c1c(-c2ccccc2)csc1NC(=O)c1ccccc1C. The highest BCUT2D eigenvalue weighted by atomic mass is 32.1. The number of nitrogens with one attached hydrogen (secondary N) is 1. The summed E-state index contributed by atoms with van der Waals surface area (Å²) < 4.78 is 0. The van der Waals surface area contributed by atoms with E-state index in [0.717, 1.165) is 16.7 Å². The van der Waals surface area contributed by atoms with Crippen molar-refractivity contribution in [2.45, 2.75) is 13.8 Å². The summed E-state index contributed by atoms with van der Waals surface area (Å²) in [5.74, 6) is -0.257. The Hall–Kier alpha value is -2.72. The summed E-state index contributed by atoms with van der Waals surface area (Å²) in [7, 11) is 0. The van der Waals surface area contributed by atoms with Crippen LogP contribution in [0.15, 0.2) is 60.0 Å². The van der Waals surface area contributed by atoms with Crippen molar-refractivity contribution in [3.8, 4) is 11.1 Å². The number of rotatable bonds is 4. The van der Waals surface area contributed by atoms with Gasteiger partial charge in [-0.3, -0.25) is 9.59 Å². The molecule has 1 heterocycles. The van der Waals surface area contributed by atoms with Crippen LogP contribution in [0.2, 0.25) is 0 Å². The highest BCUT2D eigenvalue weighted by Crippen LogP contribution is 2.36. The minimum absolute atomic E-state index is 0.0600. The molecule has 4 heteroatoms. The zero-order valence-corrected chi connectivity index (χ0v) is 14.3. The number of hydrogen-bond donors (Lipinski definition) is 1. The summed E-state index contributed by atoms with van der Waals surface area (Å²) in [6, 6.07) is 17.1. The van der Waals surface area contributed by atoms with E-state index in [0.29, 0.717) is 16.1 Å². The Kier molecular flexibility index (Phi) is 4.58. The van der Waals surface area contributed by atoms with Crippen molar-refractivity contribution in [3.63, 3.8) is 0 Å². The van der Waals surface area contributed by atoms with Crippen molar-refractivity contribution in [1.29, 1.82) is 0 Å². The minimum atomic E-state index is -0.197. The van der Waals surface area contributed by atoms with Crippen molar-refractivity contribution >= 4 is 28.0 Å². The second kappa shape index (κ2) is 6.81. The number of amides is 1. The van der Waals surface area contributed by atoms with E-state index < -0.39 is 0 Å². The molecule has 0 fully saturated rings. The number of carbonyl (C=O) groups excluding carboxylic acids is 2. The first kappa shape index (κ1) is 16.1. The highest BCUT2D eigenvalue weighted by Gasteiger charge is 2.19. The average Bonchev–Trinajstić information content (AvgIpc) is 2.99. The average molecular weight is 335 g/mol. The Labute approximate surface area is 145 Å². The van der Waals surface area contributed by atoms with Gasteiger partial charge in [0.15, 0.2) is 5.78 Å². The molecular weight excluding hydrogens is 318 g/mol. The molecule has 0 aliphatic heterocycles. The largest absolute Gasteiger partial charge is 0.313 e. The van der Waals surface area contributed by atoms with E-state index >= 15 is 0 Å². The number of benzene rings is 2. The lowest BCUT2D eigenvalue weighted by atomic mass is 10.0. The molecule has 0 saturated heterocycles. The number of hydrogen-bond acceptors (Lipinski definition) is 3.